The predicted molar refractivity (Wildman–Crippen MR) is 44.9 cm³/mol. The number of carbonyl (C=O) groups is 1. The molecule has 1 heterocycles. The van der Waals surface area contributed by atoms with Gasteiger partial charge >= 0.3 is 0 Å². The summed E-state index contributed by atoms with van der Waals surface area (Å²) in [7, 11) is 0. The van der Waals surface area contributed by atoms with E-state index in [2.05, 4.69) is 9.97 Å². The van der Waals surface area contributed by atoms with E-state index in [0.717, 1.165) is 24.2 Å². The van der Waals surface area contributed by atoms with Gasteiger partial charge in [0.25, 0.3) is 0 Å². The fourth-order valence-electron chi connectivity index (χ4n) is 1.72. The Morgan fingerprint density at radius 3 is 2.67 bits per heavy atom. The fraction of sp³-hybridized carbons (Fsp3) is 0.556. The number of carbonyl (C=O) groups excluding carboxylic acids is 1. The quantitative estimate of drug-likeness (QED) is 0.716. The third-order valence-corrected chi connectivity index (χ3v) is 2.71. The molecule has 1 aromatic rings. The highest BCUT2D eigenvalue weighted by Crippen LogP contribution is 2.48. The van der Waals surface area contributed by atoms with Gasteiger partial charge in [-0.25, -0.2) is 4.98 Å². The summed E-state index contributed by atoms with van der Waals surface area (Å²) in [5, 5.41) is 0. The molecule has 3 heteroatoms. The van der Waals surface area contributed by atoms with Crippen molar-refractivity contribution in [3.63, 3.8) is 0 Å². The zero-order valence-electron chi connectivity index (χ0n) is 7.35. The summed E-state index contributed by atoms with van der Waals surface area (Å²) in [6.07, 6.45) is 3.59. The average molecular weight is 164 g/mol. The molecule has 0 bridgehead atoms. The molecule has 1 aromatic heterocycles. The Kier molecular flexibility index (Phi) is 1.37. The van der Waals surface area contributed by atoms with Crippen molar-refractivity contribution in [2.45, 2.75) is 32.1 Å². The minimum atomic E-state index is -0.218. The maximum Gasteiger partial charge on any atom is 0.141 e. The van der Waals surface area contributed by atoms with Crippen LogP contribution in [-0.2, 0) is 10.2 Å². The average Bonchev–Trinajstić information content (AvgIpc) is 2.71. The largest absolute Gasteiger partial charge is 0.348 e. The Bertz CT molecular complexity index is 323. The number of hydrogen-bond acceptors (Lipinski definition) is 2. The summed E-state index contributed by atoms with van der Waals surface area (Å²) < 4.78 is 0. The van der Waals surface area contributed by atoms with Crippen molar-refractivity contribution in [2.75, 3.05) is 0 Å². The van der Waals surface area contributed by atoms with Gasteiger partial charge in [-0.1, -0.05) is 0 Å². The second-order valence-corrected chi connectivity index (χ2v) is 3.51. The van der Waals surface area contributed by atoms with Crippen molar-refractivity contribution in [1.82, 2.24) is 9.97 Å². The lowest BCUT2D eigenvalue weighted by atomic mass is 9.96. The molecule has 1 N–H and O–H groups in total. The van der Waals surface area contributed by atoms with E-state index in [1.807, 2.05) is 6.92 Å². The van der Waals surface area contributed by atoms with E-state index in [9.17, 15) is 4.79 Å². The van der Waals surface area contributed by atoms with Gasteiger partial charge in [0.15, 0.2) is 0 Å². The summed E-state index contributed by atoms with van der Waals surface area (Å²) in [6, 6.07) is 0. The van der Waals surface area contributed by atoms with Crippen molar-refractivity contribution >= 4 is 5.78 Å². The number of aromatic nitrogens is 2. The third-order valence-electron chi connectivity index (χ3n) is 2.71. The van der Waals surface area contributed by atoms with E-state index in [0.29, 0.717) is 0 Å². The van der Waals surface area contributed by atoms with Crippen LogP contribution in [0, 0.1) is 6.92 Å². The van der Waals surface area contributed by atoms with E-state index in [4.69, 9.17) is 0 Å². The smallest absolute Gasteiger partial charge is 0.141 e. The molecule has 0 spiro atoms. The molecule has 1 fully saturated rings. The van der Waals surface area contributed by atoms with E-state index in [1.165, 1.54) is 0 Å². The number of Topliss-reactive ketones (excluding diaryl/α,β-unsaturated/α-hetero) is 1. The minimum absolute atomic E-state index is 0.218. The highest BCUT2D eigenvalue weighted by molar-refractivity contribution is 5.90. The number of H-pyrrole nitrogens is 1. The van der Waals surface area contributed by atoms with Gasteiger partial charge in [-0.3, -0.25) is 4.79 Å². The molecular formula is C9H12N2O. The summed E-state index contributed by atoms with van der Waals surface area (Å²) in [5.74, 6) is 0.248. The zero-order valence-corrected chi connectivity index (χ0v) is 7.35. The highest BCUT2D eigenvalue weighted by atomic mass is 16.1. The summed E-state index contributed by atoms with van der Waals surface area (Å²) in [5.41, 5.74) is 1.77. The molecular weight excluding hydrogens is 152 g/mol. The Labute approximate surface area is 71.2 Å². The topological polar surface area (TPSA) is 45.8 Å². The Morgan fingerprint density at radius 2 is 2.33 bits per heavy atom. The number of nitrogens with one attached hydrogen (secondary N) is 1. The van der Waals surface area contributed by atoms with Gasteiger partial charge in [0.05, 0.1) is 17.4 Å². The van der Waals surface area contributed by atoms with Crippen molar-refractivity contribution in [1.29, 1.82) is 0 Å². The number of nitrogens with zero attached hydrogens (tertiary/aromatic N) is 1. The maximum atomic E-state index is 11.3. The molecule has 2 rings (SSSR count). The van der Waals surface area contributed by atoms with E-state index < -0.39 is 0 Å². The summed E-state index contributed by atoms with van der Waals surface area (Å²) in [6.45, 7) is 3.62. The molecule has 1 aliphatic carbocycles. The van der Waals surface area contributed by atoms with Crippen LogP contribution >= 0.6 is 0 Å². The molecule has 64 valence electrons. The van der Waals surface area contributed by atoms with Gasteiger partial charge in [-0.05, 0) is 26.7 Å². The van der Waals surface area contributed by atoms with Gasteiger partial charge < -0.3 is 4.98 Å². The van der Waals surface area contributed by atoms with E-state index in [1.54, 1.807) is 13.3 Å². The van der Waals surface area contributed by atoms with Crippen LogP contribution < -0.4 is 0 Å². The van der Waals surface area contributed by atoms with Crippen LogP contribution in [0.25, 0.3) is 0 Å². The third kappa shape index (κ3) is 0.823. The Hall–Kier alpha value is -1.12. The number of aryl methyl sites for hydroxylation is 1. The highest BCUT2D eigenvalue weighted by Gasteiger charge is 2.51. The molecule has 0 radical (unpaired) electrons. The lowest BCUT2D eigenvalue weighted by Crippen LogP contribution is -2.18. The van der Waals surface area contributed by atoms with Crippen molar-refractivity contribution in [2.24, 2.45) is 0 Å². The Morgan fingerprint density at radius 1 is 1.67 bits per heavy atom. The second kappa shape index (κ2) is 2.19. The van der Waals surface area contributed by atoms with Crippen LogP contribution in [0.15, 0.2) is 6.33 Å². The predicted octanol–water partition coefficient (Wildman–Crippen LogP) is 1.34. The number of imidazole rings is 1. The van der Waals surface area contributed by atoms with Crippen LogP contribution in [0.3, 0.4) is 0 Å². The molecule has 0 aliphatic heterocycles. The van der Waals surface area contributed by atoms with Crippen LogP contribution in [0.1, 0.15) is 31.2 Å². The molecule has 1 saturated carbocycles. The number of rotatable bonds is 2. The first-order chi connectivity index (χ1) is 5.67. The zero-order chi connectivity index (χ0) is 8.77. The van der Waals surface area contributed by atoms with E-state index in [-0.39, 0.29) is 11.2 Å². The first kappa shape index (κ1) is 7.53. The first-order valence-electron chi connectivity index (χ1n) is 4.18. The molecule has 0 unspecified atom stereocenters. The van der Waals surface area contributed by atoms with Crippen molar-refractivity contribution < 1.29 is 4.79 Å². The van der Waals surface area contributed by atoms with Crippen molar-refractivity contribution in [3.05, 3.63) is 17.7 Å². The summed E-state index contributed by atoms with van der Waals surface area (Å²) in [4.78, 5) is 18.5. The van der Waals surface area contributed by atoms with Gasteiger partial charge in [-0.2, -0.15) is 0 Å². The van der Waals surface area contributed by atoms with Gasteiger partial charge in [0.2, 0.25) is 0 Å². The molecule has 1 aliphatic rings. The first-order valence-corrected chi connectivity index (χ1v) is 4.18. The van der Waals surface area contributed by atoms with Crippen LogP contribution in [0.2, 0.25) is 0 Å². The summed E-state index contributed by atoms with van der Waals surface area (Å²) >= 11 is 0. The van der Waals surface area contributed by atoms with E-state index >= 15 is 0 Å². The monoisotopic (exact) mass is 164 g/mol. The van der Waals surface area contributed by atoms with Crippen LogP contribution in [0.5, 0.6) is 0 Å². The molecule has 3 nitrogen and oxygen atoms in total. The maximum absolute atomic E-state index is 11.3. The molecule has 0 saturated heterocycles. The van der Waals surface area contributed by atoms with Crippen LogP contribution in [0.4, 0.5) is 0 Å². The Balaban J connectivity index is 2.43. The van der Waals surface area contributed by atoms with Gasteiger partial charge in [-0.15, -0.1) is 0 Å². The number of hydrogen-bond donors (Lipinski definition) is 1. The molecule has 12 heavy (non-hydrogen) atoms. The van der Waals surface area contributed by atoms with Crippen molar-refractivity contribution in [3.8, 4) is 0 Å². The van der Waals surface area contributed by atoms with Crippen LogP contribution in [-0.4, -0.2) is 15.8 Å². The normalized spacial score (nSPS) is 19.2. The standard InChI is InChI=1S/C9H12N2O/c1-6-8(11-5-10-6)9(3-4-9)7(2)12/h5H,3-4H2,1-2H3,(H,10,11). The van der Waals surface area contributed by atoms with Gasteiger partial charge in [0, 0.05) is 5.69 Å². The minimum Gasteiger partial charge on any atom is -0.348 e. The molecule has 0 atom stereocenters. The lowest BCUT2D eigenvalue weighted by Gasteiger charge is -2.08. The SMILES string of the molecule is CC(=O)C1(c2nc[nH]c2C)CC1. The van der Waals surface area contributed by atoms with Gasteiger partial charge in [0.1, 0.15) is 5.78 Å². The second-order valence-electron chi connectivity index (χ2n) is 3.51. The molecule has 0 amide bonds. The fourth-order valence-corrected chi connectivity index (χ4v) is 1.72. The molecule has 0 aromatic carbocycles. The number of ketones is 1. The number of aromatic amines is 1. The lowest BCUT2D eigenvalue weighted by molar-refractivity contribution is -0.119.